The van der Waals surface area contributed by atoms with Crippen LogP contribution in [0.15, 0.2) is 66.7 Å². The molecule has 5 heteroatoms. The molecule has 0 aliphatic rings. The highest BCUT2D eigenvalue weighted by molar-refractivity contribution is 5.68. The lowest BCUT2D eigenvalue weighted by Gasteiger charge is -2.20. The summed E-state index contributed by atoms with van der Waals surface area (Å²) in [6.45, 7) is 1.94. The molecule has 30 heavy (non-hydrogen) atoms. The number of hydrogen-bond acceptors (Lipinski definition) is 1. The maximum atomic E-state index is 15.0. The lowest BCUT2D eigenvalue weighted by Crippen LogP contribution is -2.17. The van der Waals surface area contributed by atoms with Gasteiger partial charge in [0.25, 0.3) is 5.92 Å². The molecule has 0 aromatic heterocycles. The molecule has 0 saturated heterocycles. The molecule has 3 rings (SSSR count). The van der Waals surface area contributed by atoms with E-state index >= 15 is 8.78 Å². The molecule has 1 N–H and O–H groups in total. The van der Waals surface area contributed by atoms with Gasteiger partial charge in [-0.3, -0.25) is 4.79 Å². The molecule has 0 fully saturated rings. The van der Waals surface area contributed by atoms with Crippen molar-refractivity contribution >= 4 is 5.97 Å². The van der Waals surface area contributed by atoms with E-state index in [1.165, 1.54) is 30.3 Å². The summed E-state index contributed by atoms with van der Waals surface area (Å²) in [6.07, 6.45) is 0.388. The monoisotopic (exact) mass is 412 g/mol. The highest BCUT2D eigenvalue weighted by atomic mass is 19.3. The molecule has 2 nitrogen and oxygen atoms in total. The van der Waals surface area contributed by atoms with E-state index in [0.717, 1.165) is 16.7 Å². The van der Waals surface area contributed by atoms with Gasteiger partial charge in [0.15, 0.2) is 0 Å². The third-order valence-corrected chi connectivity index (χ3v) is 5.07. The molecular weight excluding hydrogens is 389 g/mol. The van der Waals surface area contributed by atoms with Crippen LogP contribution in [0.4, 0.5) is 13.2 Å². The topological polar surface area (TPSA) is 37.3 Å². The molecule has 0 aliphatic heterocycles. The summed E-state index contributed by atoms with van der Waals surface area (Å²) in [5.41, 5.74) is 3.30. The first-order chi connectivity index (χ1) is 14.2. The first-order valence-electron chi connectivity index (χ1n) is 9.79. The lowest BCUT2D eigenvalue weighted by molar-refractivity contribution is -0.137. The summed E-state index contributed by atoms with van der Waals surface area (Å²) in [6, 6.07) is 17.4. The van der Waals surface area contributed by atoms with Gasteiger partial charge in [0.1, 0.15) is 5.82 Å². The molecule has 0 saturated carbocycles. The molecule has 0 amide bonds. The minimum absolute atomic E-state index is 0.0409. The number of halogens is 3. The average Bonchev–Trinajstić information content (AvgIpc) is 2.69. The zero-order valence-electron chi connectivity index (χ0n) is 16.7. The Bertz CT molecular complexity index is 1010. The quantitative estimate of drug-likeness (QED) is 0.456. The van der Waals surface area contributed by atoms with E-state index in [1.54, 1.807) is 12.1 Å². The fraction of sp³-hybridized carbons (Fsp3) is 0.240. The Hall–Kier alpha value is -3.08. The van der Waals surface area contributed by atoms with Crippen LogP contribution in [-0.2, 0) is 23.6 Å². The molecule has 0 bridgehead atoms. The number of aryl methyl sites for hydroxylation is 2. The van der Waals surface area contributed by atoms with Crippen molar-refractivity contribution in [2.75, 3.05) is 0 Å². The van der Waals surface area contributed by atoms with E-state index in [1.807, 2.05) is 31.2 Å². The van der Waals surface area contributed by atoms with E-state index in [-0.39, 0.29) is 17.5 Å². The van der Waals surface area contributed by atoms with Crippen LogP contribution in [0.3, 0.4) is 0 Å². The Balaban J connectivity index is 1.82. The second-order valence-corrected chi connectivity index (χ2v) is 7.49. The summed E-state index contributed by atoms with van der Waals surface area (Å²) in [7, 11) is 0. The van der Waals surface area contributed by atoms with Gasteiger partial charge in [0.05, 0.1) is 0 Å². The first-order valence-corrected chi connectivity index (χ1v) is 9.79. The normalized spacial score (nSPS) is 11.5. The SMILES string of the molecule is Cc1ccc(-c2ccc(F)cc2CC(F)(F)c2ccc(CCCC(=O)O)cc2)cc1. The van der Waals surface area contributed by atoms with E-state index in [4.69, 9.17) is 5.11 Å². The molecule has 0 atom stereocenters. The number of alkyl halides is 2. The smallest absolute Gasteiger partial charge is 0.303 e. The first kappa shape index (κ1) is 21.6. The predicted octanol–water partition coefficient (Wildman–Crippen LogP) is 6.54. The van der Waals surface area contributed by atoms with Gasteiger partial charge >= 0.3 is 5.97 Å². The Labute approximate surface area is 174 Å². The second-order valence-electron chi connectivity index (χ2n) is 7.49. The largest absolute Gasteiger partial charge is 0.481 e. The zero-order chi connectivity index (χ0) is 21.7. The van der Waals surface area contributed by atoms with Gasteiger partial charge in [-0.2, -0.15) is 0 Å². The van der Waals surface area contributed by atoms with Crippen molar-refractivity contribution in [1.82, 2.24) is 0 Å². The van der Waals surface area contributed by atoms with Crippen molar-refractivity contribution < 1.29 is 23.1 Å². The van der Waals surface area contributed by atoms with Gasteiger partial charge < -0.3 is 5.11 Å². The van der Waals surface area contributed by atoms with E-state index in [9.17, 15) is 9.18 Å². The van der Waals surface area contributed by atoms with Gasteiger partial charge in [-0.1, -0.05) is 60.2 Å². The zero-order valence-corrected chi connectivity index (χ0v) is 16.7. The summed E-state index contributed by atoms with van der Waals surface area (Å²) >= 11 is 0. The summed E-state index contributed by atoms with van der Waals surface area (Å²) < 4.78 is 43.9. The van der Waals surface area contributed by atoms with E-state index < -0.39 is 24.1 Å². The Morgan fingerprint density at radius 3 is 2.27 bits per heavy atom. The molecule has 156 valence electrons. The van der Waals surface area contributed by atoms with Gasteiger partial charge in [0, 0.05) is 18.4 Å². The third kappa shape index (κ3) is 5.50. The molecule has 0 aliphatic carbocycles. The van der Waals surface area contributed by atoms with Crippen molar-refractivity contribution in [3.05, 3.63) is 94.8 Å². The second kappa shape index (κ2) is 9.16. The van der Waals surface area contributed by atoms with Crippen LogP contribution in [-0.4, -0.2) is 11.1 Å². The molecule has 3 aromatic rings. The fourth-order valence-electron chi connectivity index (χ4n) is 3.42. The minimum Gasteiger partial charge on any atom is -0.481 e. The lowest BCUT2D eigenvalue weighted by atomic mass is 9.92. The maximum Gasteiger partial charge on any atom is 0.303 e. The predicted molar refractivity (Wildman–Crippen MR) is 111 cm³/mol. The van der Waals surface area contributed by atoms with Gasteiger partial charge in [-0.25, -0.2) is 13.2 Å². The molecule has 3 aromatic carbocycles. The van der Waals surface area contributed by atoms with E-state index in [0.29, 0.717) is 18.4 Å². The van der Waals surface area contributed by atoms with Crippen LogP contribution in [0.1, 0.15) is 35.1 Å². The summed E-state index contributed by atoms with van der Waals surface area (Å²) in [5.74, 6) is -4.60. The standard InChI is InChI=1S/C25H23F3O2/c1-17-5-9-19(10-6-17)23-14-13-22(26)15-20(23)16-25(27,28)21-11-7-18(8-12-21)3-2-4-24(29)30/h5-15H,2-4,16H2,1H3,(H,29,30). The van der Waals surface area contributed by atoms with Crippen LogP contribution in [0, 0.1) is 12.7 Å². The fourth-order valence-corrected chi connectivity index (χ4v) is 3.42. The molecule has 0 radical (unpaired) electrons. The van der Waals surface area contributed by atoms with Gasteiger partial charge in [-0.05, 0) is 54.2 Å². The Morgan fingerprint density at radius 2 is 1.63 bits per heavy atom. The van der Waals surface area contributed by atoms with Crippen molar-refractivity contribution in [2.45, 2.75) is 38.5 Å². The Kier molecular flexibility index (Phi) is 6.60. The van der Waals surface area contributed by atoms with Crippen molar-refractivity contribution in [2.24, 2.45) is 0 Å². The number of rotatable bonds is 8. The highest BCUT2D eigenvalue weighted by Crippen LogP contribution is 2.36. The van der Waals surface area contributed by atoms with Crippen LogP contribution < -0.4 is 0 Å². The third-order valence-electron chi connectivity index (χ3n) is 5.07. The van der Waals surface area contributed by atoms with Crippen LogP contribution in [0.5, 0.6) is 0 Å². The van der Waals surface area contributed by atoms with Crippen LogP contribution in [0.25, 0.3) is 11.1 Å². The number of benzene rings is 3. The van der Waals surface area contributed by atoms with Gasteiger partial charge in [0.2, 0.25) is 0 Å². The summed E-state index contributed by atoms with van der Waals surface area (Å²) in [5, 5.41) is 8.69. The van der Waals surface area contributed by atoms with Crippen molar-refractivity contribution in [3.63, 3.8) is 0 Å². The molecular formula is C25H23F3O2. The van der Waals surface area contributed by atoms with Crippen LogP contribution >= 0.6 is 0 Å². The number of hydrogen-bond donors (Lipinski definition) is 1. The average molecular weight is 412 g/mol. The van der Waals surface area contributed by atoms with Gasteiger partial charge in [-0.15, -0.1) is 0 Å². The van der Waals surface area contributed by atoms with E-state index in [2.05, 4.69) is 0 Å². The van der Waals surface area contributed by atoms with Crippen molar-refractivity contribution in [1.29, 1.82) is 0 Å². The number of carbonyl (C=O) groups is 1. The van der Waals surface area contributed by atoms with Crippen molar-refractivity contribution in [3.8, 4) is 11.1 Å². The minimum atomic E-state index is -3.17. The number of carboxylic acid groups (broad SMARTS) is 1. The number of carboxylic acids is 1. The molecule has 0 heterocycles. The maximum absolute atomic E-state index is 15.0. The Morgan fingerprint density at radius 1 is 0.967 bits per heavy atom. The van der Waals surface area contributed by atoms with Crippen LogP contribution in [0.2, 0.25) is 0 Å². The molecule has 0 unspecified atom stereocenters. The summed E-state index contributed by atoms with van der Waals surface area (Å²) in [4.78, 5) is 10.6. The number of aliphatic carboxylic acids is 1. The highest BCUT2D eigenvalue weighted by Gasteiger charge is 2.33. The molecule has 0 spiro atoms.